The van der Waals surface area contributed by atoms with Gasteiger partial charge in [-0.05, 0) is 61.0 Å². The molecule has 4 rings (SSSR count). The van der Waals surface area contributed by atoms with E-state index in [2.05, 4.69) is 10.2 Å². The van der Waals surface area contributed by atoms with Crippen molar-refractivity contribution in [2.75, 3.05) is 6.61 Å². The minimum atomic E-state index is 0.650. The summed E-state index contributed by atoms with van der Waals surface area (Å²) >= 11 is 7.64. The molecule has 2 aromatic carbocycles. The van der Waals surface area contributed by atoms with Crippen LogP contribution in [0.5, 0.6) is 5.75 Å². The Morgan fingerprint density at radius 1 is 1.04 bits per heavy atom. The van der Waals surface area contributed by atoms with Gasteiger partial charge in [-0.25, -0.2) is 0 Å². The number of nitrogens with zero attached hydrogens (tertiary/aromatic N) is 4. The van der Waals surface area contributed by atoms with Crippen molar-refractivity contribution in [1.82, 2.24) is 19.8 Å². The molecule has 0 fully saturated rings. The fourth-order valence-electron chi connectivity index (χ4n) is 2.68. The predicted molar refractivity (Wildman–Crippen MR) is 108 cm³/mol. The quantitative estimate of drug-likeness (QED) is 0.422. The monoisotopic (exact) mass is 396 g/mol. The molecule has 27 heavy (non-hydrogen) atoms. The summed E-state index contributed by atoms with van der Waals surface area (Å²) in [5, 5.41) is 14.7. The minimum Gasteiger partial charge on any atom is -0.494 e. The molecule has 0 saturated heterocycles. The van der Waals surface area contributed by atoms with Gasteiger partial charge in [-0.1, -0.05) is 35.5 Å². The first-order valence-corrected chi connectivity index (χ1v) is 9.92. The summed E-state index contributed by atoms with van der Waals surface area (Å²) in [4.78, 5) is 0. The van der Waals surface area contributed by atoms with E-state index < -0.39 is 0 Å². The summed E-state index contributed by atoms with van der Waals surface area (Å²) in [6, 6.07) is 19.6. The average Bonchev–Trinajstić information content (AvgIpc) is 3.10. The van der Waals surface area contributed by atoms with Crippen LogP contribution in [-0.4, -0.2) is 26.4 Å². The van der Waals surface area contributed by atoms with Crippen LogP contribution in [0.15, 0.2) is 65.8 Å². The van der Waals surface area contributed by atoms with E-state index in [1.165, 1.54) is 0 Å². The average molecular weight is 397 g/mol. The molecule has 0 aliphatic rings. The van der Waals surface area contributed by atoms with E-state index in [1.807, 2.05) is 67.6 Å². The Bertz CT molecular complexity index is 1070. The van der Waals surface area contributed by atoms with E-state index in [0.29, 0.717) is 6.61 Å². The number of fused-ring (bicyclic) bond motifs is 1. The van der Waals surface area contributed by atoms with E-state index in [4.69, 9.17) is 21.4 Å². The van der Waals surface area contributed by atoms with Crippen molar-refractivity contribution in [2.45, 2.75) is 17.8 Å². The number of ether oxygens (including phenoxy) is 1. The van der Waals surface area contributed by atoms with Gasteiger partial charge in [0.15, 0.2) is 5.65 Å². The third-order valence-corrected chi connectivity index (χ3v) is 5.18. The molecule has 2 heterocycles. The topological polar surface area (TPSA) is 52.3 Å². The first kappa shape index (κ1) is 17.8. The van der Waals surface area contributed by atoms with Crippen molar-refractivity contribution in [2.24, 2.45) is 0 Å². The van der Waals surface area contributed by atoms with Gasteiger partial charge in [0.2, 0.25) is 5.16 Å². The van der Waals surface area contributed by atoms with Gasteiger partial charge in [0.1, 0.15) is 5.75 Å². The second-order valence-electron chi connectivity index (χ2n) is 5.85. The molecule has 136 valence electrons. The van der Waals surface area contributed by atoms with Gasteiger partial charge < -0.3 is 4.74 Å². The SMILES string of the molecule is CCOc1ccc(-c2ccc3nnc(SCc4cccc(Cl)c4)n3n2)cc1. The lowest BCUT2D eigenvalue weighted by Crippen LogP contribution is -1.97. The molecule has 0 aliphatic carbocycles. The maximum atomic E-state index is 6.06. The molecule has 0 N–H and O–H groups in total. The van der Waals surface area contributed by atoms with Crippen molar-refractivity contribution in [1.29, 1.82) is 0 Å². The Balaban J connectivity index is 1.59. The molecule has 0 saturated carbocycles. The van der Waals surface area contributed by atoms with Gasteiger partial charge in [0.25, 0.3) is 0 Å². The molecule has 0 atom stereocenters. The summed E-state index contributed by atoms with van der Waals surface area (Å²) in [6.07, 6.45) is 0. The molecule has 4 aromatic rings. The Morgan fingerprint density at radius 3 is 2.67 bits per heavy atom. The number of hydrogen-bond acceptors (Lipinski definition) is 5. The van der Waals surface area contributed by atoms with Crippen LogP contribution in [0, 0.1) is 0 Å². The van der Waals surface area contributed by atoms with Crippen LogP contribution >= 0.6 is 23.4 Å². The second kappa shape index (κ2) is 7.98. The molecule has 0 aliphatic heterocycles. The number of thioether (sulfide) groups is 1. The fourth-order valence-corrected chi connectivity index (χ4v) is 3.72. The number of benzene rings is 2. The van der Waals surface area contributed by atoms with Gasteiger partial charge in [0, 0.05) is 16.3 Å². The van der Waals surface area contributed by atoms with E-state index in [0.717, 1.165) is 44.1 Å². The second-order valence-corrected chi connectivity index (χ2v) is 7.23. The molecule has 5 nitrogen and oxygen atoms in total. The Morgan fingerprint density at radius 2 is 1.89 bits per heavy atom. The van der Waals surface area contributed by atoms with Gasteiger partial charge >= 0.3 is 0 Å². The number of halogens is 1. The molecule has 7 heteroatoms. The van der Waals surface area contributed by atoms with E-state index >= 15 is 0 Å². The minimum absolute atomic E-state index is 0.650. The lowest BCUT2D eigenvalue weighted by molar-refractivity contribution is 0.340. The summed E-state index contributed by atoms with van der Waals surface area (Å²) in [6.45, 7) is 2.62. The highest BCUT2D eigenvalue weighted by Crippen LogP contribution is 2.25. The third-order valence-electron chi connectivity index (χ3n) is 3.95. The highest BCUT2D eigenvalue weighted by atomic mass is 35.5. The van der Waals surface area contributed by atoms with Crippen molar-refractivity contribution >= 4 is 29.0 Å². The largest absolute Gasteiger partial charge is 0.494 e. The highest BCUT2D eigenvalue weighted by Gasteiger charge is 2.10. The summed E-state index contributed by atoms with van der Waals surface area (Å²) in [5.41, 5.74) is 3.72. The standard InChI is InChI=1S/C20H17ClN4OS/c1-2-26-17-8-6-15(7-9-17)18-10-11-19-22-23-20(25(19)24-18)27-13-14-4-3-5-16(21)12-14/h3-12H,2,13H2,1H3. The number of hydrogen-bond donors (Lipinski definition) is 0. The third kappa shape index (κ3) is 4.07. The van der Waals surface area contributed by atoms with Crippen LogP contribution in [0.2, 0.25) is 5.02 Å². The Labute approximate surface area is 166 Å². The summed E-state index contributed by atoms with van der Waals surface area (Å²) in [5.74, 6) is 1.60. The van der Waals surface area contributed by atoms with Gasteiger partial charge in [-0.2, -0.15) is 9.61 Å². The van der Waals surface area contributed by atoms with E-state index in [1.54, 1.807) is 16.3 Å². The molecule has 0 spiro atoms. The van der Waals surface area contributed by atoms with Crippen LogP contribution in [0.1, 0.15) is 12.5 Å². The molecular weight excluding hydrogens is 380 g/mol. The molecule has 2 aromatic heterocycles. The Hall–Kier alpha value is -2.57. The molecular formula is C20H17ClN4OS. The lowest BCUT2D eigenvalue weighted by Gasteiger charge is -2.06. The maximum absolute atomic E-state index is 6.06. The van der Waals surface area contributed by atoms with E-state index in [-0.39, 0.29) is 0 Å². The number of rotatable bonds is 6. The van der Waals surface area contributed by atoms with Crippen molar-refractivity contribution < 1.29 is 4.74 Å². The van der Waals surface area contributed by atoms with Crippen molar-refractivity contribution in [3.63, 3.8) is 0 Å². The summed E-state index contributed by atoms with van der Waals surface area (Å²) in [7, 11) is 0. The van der Waals surface area contributed by atoms with Crippen LogP contribution in [-0.2, 0) is 5.75 Å². The zero-order chi connectivity index (χ0) is 18.6. The lowest BCUT2D eigenvalue weighted by atomic mass is 10.1. The first-order chi connectivity index (χ1) is 13.2. The molecule has 0 unspecified atom stereocenters. The summed E-state index contributed by atoms with van der Waals surface area (Å²) < 4.78 is 7.28. The van der Waals surface area contributed by atoms with Crippen LogP contribution in [0.4, 0.5) is 0 Å². The van der Waals surface area contributed by atoms with Crippen molar-refractivity contribution in [3.05, 3.63) is 71.2 Å². The van der Waals surface area contributed by atoms with Gasteiger partial charge in [-0.3, -0.25) is 0 Å². The van der Waals surface area contributed by atoms with E-state index in [9.17, 15) is 0 Å². The number of aromatic nitrogens is 4. The zero-order valence-corrected chi connectivity index (χ0v) is 16.2. The maximum Gasteiger partial charge on any atom is 0.212 e. The van der Waals surface area contributed by atoms with Crippen LogP contribution in [0.3, 0.4) is 0 Å². The molecule has 0 bridgehead atoms. The van der Waals surface area contributed by atoms with Crippen LogP contribution < -0.4 is 4.74 Å². The predicted octanol–water partition coefficient (Wildman–Crippen LogP) is 5.14. The highest BCUT2D eigenvalue weighted by molar-refractivity contribution is 7.98. The smallest absolute Gasteiger partial charge is 0.212 e. The molecule has 0 amide bonds. The zero-order valence-electron chi connectivity index (χ0n) is 14.7. The first-order valence-electron chi connectivity index (χ1n) is 8.56. The normalized spacial score (nSPS) is 11.0. The molecule has 0 radical (unpaired) electrons. The van der Waals surface area contributed by atoms with Crippen molar-refractivity contribution in [3.8, 4) is 17.0 Å². The van der Waals surface area contributed by atoms with Gasteiger partial charge in [0.05, 0.1) is 12.3 Å². The Kier molecular flexibility index (Phi) is 5.27. The fraction of sp³-hybridized carbons (Fsp3) is 0.150. The van der Waals surface area contributed by atoms with Crippen LogP contribution in [0.25, 0.3) is 16.9 Å². The van der Waals surface area contributed by atoms with Gasteiger partial charge in [-0.15, -0.1) is 10.2 Å².